The SMILES string of the molecule is CC(C)[C@@H](N)C(=O)N1CCSC(C)(C)C1. The van der Waals surface area contributed by atoms with Crippen LogP contribution < -0.4 is 5.73 Å². The molecule has 0 bridgehead atoms. The zero-order chi connectivity index (χ0) is 11.6. The summed E-state index contributed by atoms with van der Waals surface area (Å²) in [4.78, 5) is 13.9. The Labute approximate surface area is 96.8 Å². The van der Waals surface area contributed by atoms with E-state index in [1.165, 1.54) is 0 Å². The lowest BCUT2D eigenvalue weighted by Crippen LogP contribution is -2.53. The normalized spacial score (nSPS) is 22.9. The van der Waals surface area contributed by atoms with Gasteiger partial charge in [-0.05, 0) is 19.8 Å². The molecule has 0 spiro atoms. The molecule has 1 heterocycles. The Morgan fingerprint density at radius 3 is 2.53 bits per heavy atom. The zero-order valence-corrected chi connectivity index (χ0v) is 10.9. The molecule has 0 radical (unpaired) electrons. The van der Waals surface area contributed by atoms with Crippen LogP contribution in [0.5, 0.6) is 0 Å². The molecule has 1 amide bonds. The van der Waals surface area contributed by atoms with Crippen LogP contribution in [0.4, 0.5) is 0 Å². The summed E-state index contributed by atoms with van der Waals surface area (Å²) < 4.78 is 0.171. The average Bonchev–Trinajstić information content (AvgIpc) is 2.13. The number of nitrogens with zero attached hydrogens (tertiary/aromatic N) is 1. The number of amides is 1. The molecule has 1 atom stereocenters. The van der Waals surface area contributed by atoms with Crippen molar-refractivity contribution in [1.29, 1.82) is 0 Å². The molecule has 0 aromatic rings. The molecule has 1 aliphatic heterocycles. The molecule has 15 heavy (non-hydrogen) atoms. The molecule has 1 aliphatic rings. The summed E-state index contributed by atoms with van der Waals surface area (Å²) in [6.07, 6.45) is 0. The lowest BCUT2D eigenvalue weighted by atomic mass is 10.0. The highest BCUT2D eigenvalue weighted by atomic mass is 32.2. The number of hydrogen-bond donors (Lipinski definition) is 1. The summed E-state index contributed by atoms with van der Waals surface area (Å²) in [7, 11) is 0. The predicted octanol–water partition coefficient (Wildman–Crippen LogP) is 1.32. The second-order valence-electron chi connectivity index (χ2n) is 5.14. The van der Waals surface area contributed by atoms with Gasteiger partial charge in [0.25, 0.3) is 0 Å². The molecule has 0 unspecified atom stereocenters. The number of rotatable bonds is 2. The van der Waals surface area contributed by atoms with Crippen LogP contribution in [-0.2, 0) is 4.79 Å². The van der Waals surface area contributed by atoms with Crippen molar-refractivity contribution >= 4 is 17.7 Å². The fraction of sp³-hybridized carbons (Fsp3) is 0.909. The van der Waals surface area contributed by atoms with E-state index in [0.29, 0.717) is 0 Å². The van der Waals surface area contributed by atoms with Crippen LogP contribution in [0.3, 0.4) is 0 Å². The smallest absolute Gasteiger partial charge is 0.239 e. The standard InChI is InChI=1S/C11H22N2OS/c1-8(2)9(12)10(14)13-5-6-15-11(3,4)7-13/h8-9H,5-7,12H2,1-4H3/t9-/m1/s1. The van der Waals surface area contributed by atoms with Crippen molar-refractivity contribution in [3.63, 3.8) is 0 Å². The predicted molar refractivity (Wildman–Crippen MR) is 65.9 cm³/mol. The van der Waals surface area contributed by atoms with E-state index in [2.05, 4.69) is 13.8 Å². The van der Waals surface area contributed by atoms with Crippen LogP contribution in [0.15, 0.2) is 0 Å². The van der Waals surface area contributed by atoms with Gasteiger partial charge in [0.05, 0.1) is 6.04 Å². The fourth-order valence-corrected chi connectivity index (χ4v) is 2.81. The van der Waals surface area contributed by atoms with Crippen molar-refractivity contribution in [2.24, 2.45) is 11.7 Å². The maximum Gasteiger partial charge on any atom is 0.239 e. The van der Waals surface area contributed by atoms with Gasteiger partial charge in [0, 0.05) is 23.6 Å². The molecule has 0 aliphatic carbocycles. The van der Waals surface area contributed by atoms with Gasteiger partial charge in [-0.3, -0.25) is 4.79 Å². The van der Waals surface area contributed by atoms with E-state index in [0.717, 1.165) is 18.8 Å². The number of carbonyl (C=O) groups is 1. The highest BCUT2D eigenvalue weighted by Crippen LogP contribution is 2.29. The Morgan fingerprint density at radius 2 is 2.07 bits per heavy atom. The number of nitrogens with two attached hydrogens (primary N) is 1. The second-order valence-corrected chi connectivity index (χ2v) is 6.94. The number of hydrogen-bond acceptors (Lipinski definition) is 3. The van der Waals surface area contributed by atoms with Gasteiger partial charge in [-0.2, -0.15) is 11.8 Å². The second kappa shape index (κ2) is 4.74. The van der Waals surface area contributed by atoms with Gasteiger partial charge < -0.3 is 10.6 Å². The Balaban J connectivity index is 2.60. The minimum atomic E-state index is -0.344. The van der Waals surface area contributed by atoms with E-state index in [1.54, 1.807) is 0 Å². The van der Waals surface area contributed by atoms with Gasteiger partial charge in [0.15, 0.2) is 0 Å². The molecule has 1 fully saturated rings. The quantitative estimate of drug-likeness (QED) is 0.778. The van der Waals surface area contributed by atoms with Gasteiger partial charge in [-0.25, -0.2) is 0 Å². The van der Waals surface area contributed by atoms with Crippen molar-refractivity contribution in [3.8, 4) is 0 Å². The first-order chi connectivity index (χ1) is 6.83. The zero-order valence-electron chi connectivity index (χ0n) is 10.1. The third-order valence-electron chi connectivity index (χ3n) is 2.74. The van der Waals surface area contributed by atoms with Crippen molar-refractivity contribution in [2.75, 3.05) is 18.8 Å². The first kappa shape index (κ1) is 12.8. The van der Waals surface area contributed by atoms with E-state index in [-0.39, 0.29) is 22.6 Å². The Kier molecular flexibility index (Phi) is 4.06. The van der Waals surface area contributed by atoms with Crippen LogP contribution in [-0.4, -0.2) is 40.4 Å². The fourth-order valence-electron chi connectivity index (χ4n) is 1.70. The lowest BCUT2D eigenvalue weighted by Gasteiger charge is -2.39. The summed E-state index contributed by atoms with van der Waals surface area (Å²) in [6, 6.07) is -0.344. The molecule has 0 aromatic carbocycles. The van der Waals surface area contributed by atoms with Gasteiger partial charge in [0.2, 0.25) is 5.91 Å². The molecular formula is C11H22N2OS. The topological polar surface area (TPSA) is 46.3 Å². The average molecular weight is 230 g/mol. The minimum Gasteiger partial charge on any atom is -0.339 e. The van der Waals surface area contributed by atoms with Crippen molar-refractivity contribution in [3.05, 3.63) is 0 Å². The lowest BCUT2D eigenvalue weighted by molar-refractivity contribution is -0.133. The molecule has 3 nitrogen and oxygen atoms in total. The third-order valence-corrected chi connectivity index (χ3v) is 4.04. The monoisotopic (exact) mass is 230 g/mol. The van der Waals surface area contributed by atoms with Crippen LogP contribution in [0.2, 0.25) is 0 Å². The summed E-state index contributed by atoms with van der Waals surface area (Å²) in [6.45, 7) is 10.00. The molecular weight excluding hydrogens is 208 g/mol. The van der Waals surface area contributed by atoms with Gasteiger partial charge in [-0.1, -0.05) is 13.8 Å². The minimum absolute atomic E-state index is 0.110. The maximum absolute atomic E-state index is 12.0. The molecule has 1 rings (SSSR count). The van der Waals surface area contributed by atoms with Gasteiger partial charge in [0.1, 0.15) is 0 Å². The summed E-state index contributed by atoms with van der Waals surface area (Å²) in [5.74, 6) is 1.34. The summed E-state index contributed by atoms with van der Waals surface area (Å²) in [5.41, 5.74) is 5.88. The van der Waals surface area contributed by atoms with E-state index in [1.807, 2.05) is 30.5 Å². The molecule has 0 saturated carbocycles. The van der Waals surface area contributed by atoms with Crippen molar-refractivity contribution in [1.82, 2.24) is 4.90 Å². The molecule has 4 heteroatoms. The number of thioether (sulfide) groups is 1. The van der Waals surface area contributed by atoms with Crippen LogP contribution in [0.1, 0.15) is 27.7 Å². The first-order valence-corrected chi connectivity index (χ1v) is 6.50. The molecule has 0 aromatic heterocycles. The summed E-state index contributed by atoms with van der Waals surface area (Å²) >= 11 is 1.93. The number of carbonyl (C=O) groups excluding carboxylic acids is 1. The third kappa shape index (κ3) is 3.38. The Bertz CT molecular complexity index is 241. The van der Waals surface area contributed by atoms with Crippen molar-refractivity contribution in [2.45, 2.75) is 38.5 Å². The largest absolute Gasteiger partial charge is 0.339 e. The first-order valence-electron chi connectivity index (χ1n) is 5.52. The maximum atomic E-state index is 12.0. The van der Waals surface area contributed by atoms with E-state index in [9.17, 15) is 4.79 Å². The van der Waals surface area contributed by atoms with E-state index < -0.39 is 0 Å². The van der Waals surface area contributed by atoms with Crippen LogP contribution in [0, 0.1) is 5.92 Å². The Hall–Kier alpha value is -0.220. The van der Waals surface area contributed by atoms with Crippen LogP contribution >= 0.6 is 11.8 Å². The van der Waals surface area contributed by atoms with E-state index in [4.69, 9.17) is 5.73 Å². The van der Waals surface area contributed by atoms with Crippen LogP contribution in [0.25, 0.3) is 0 Å². The van der Waals surface area contributed by atoms with Gasteiger partial charge in [-0.15, -0.1) is 0 Å². The molecule has 88 valence electrons. The van der Waals surface area contributed by atoms with E-state index >= 15 is 0 Å². The van der Waals surface area contributed by atoms with Gasteiger partial charge >= 0.3 is 0 Å². The summed E-state index contributed by atoms with van der Waals surface area (Å²) in [5, 5.41) is 0. The van der Waals surface area contributed by atoms with Crippen molar-refractivity contribution < 1.29 is 4.79 Å². The molecule has 2 N–H and O–H groups in total. The molecule has 1 saturated heterocycles. The highest BCUT2D eigenvalue weighted by molar-refractivity contribution is 8.00. The highest BCUT2D eigenvalue weighted by Gasteiger charge is 2.32. The Morgan fingerprint density at radius 1 is 1.47 bits per heavy atom.